The Morgan fingerprint density at radius 3 is 0.636 bits per heavy atom. The van der Waals surface area contributed by atoms with Crippen molar-refractivity contribution in [3.8, 4) is 0 Å². The van der Waals surface area contributed by atoms with Gasteiger partial charge in [-0.1, -0.05) is 0 Å². The summed E-state index contributed by atoms with van der Waals surface area (Å²) in [4.78, 5) is 0. The quantitative estimate of drug-likeness (QED) is 0.342. The van der Waals surface area contributed by atoms with Crippen LogP contribution in [0.4, 0.5) is 0 Å². The van der Waals surface area contributed by atoms with Gasteiger partial charge in [-0.05, 0) is 0 Å². The molecule has 0 saturated heterocycles. The van der Waals surface area contributed by atoms with Gasteiger partial charge in [0.2, 0.25) is 0 Å². The Kier molecular flexibility index (Phi) is 10.8. The second-order valence-electron chi connectivity index (χ2n) is 0.816. The molecule has 64 valence electrons. The number of rotatable bonds is 0. The molecule has 0 amide bonds. The summed E-state index contributed by atoms with van der Waals surface area (Å²) in [5.74, 6) is 0. The van der Waals surface area contributed by atoms with Crippen molar-refractivity contribution < 1.29 is 76.8 Å². The Labute approximate surface area is 96.5 Å². The third-order valence-corrected chi connectivity index (χ3v) is 0. The van der Waals surface area contributed by atoms with Gasteiger partial charge in [-0.3, -0.25) is 16.8 Å². The van der Waals surface area contributed by atoms with E-state index in [9.17, 15) is 0 Å². The van der Waals surface area contributed by atoms with E-state index in [1.807, 2.05) is 0 Å². The van der Waals surface area contributed by atoms with Gasteiger partial charge in [-0.2, -0.15) is 0 Å². The third kappa shape index (κ3) is 741. The van der Waals surface area contributed by atoms with Crippen molar-refractivity contribution in [1.29, 1.82) is 0 Å². The first-order chi connectivity index (χ1) is 4.00. The summed E-state index contributed by atoms with van der Waals surface area (Å²) in [7, 11) is -10.3. The Balaban J connectivity index is -0.000000107. The van der Waals surface area contributed by atoms with E-state index in [1.165, 1.54) is 0 Å². The molecule has 8 nitrogen and oxygen atoms in total. The summed E-state index contributed by atoms with van der Waals surface area (Å²) in [6, 6.07) is 0. The fourth-order valence-electron chi connectivity index (χ4n) is 0. The summed E-state index contributed by atoms with van der Waals surface area (Å²) in [6.45, 7) is 0. The normalized spacial score (nSPS) is 10.5. The molecule has 0 unspecified atom stereocenters. The van der Waals surface area contributed by atoms with Crippen LogP contribution >= 0.6 is 0 Å². The second kappa shape index (κ2) is 6.61. The van der Waals surface area contributed by atoms with Crippen molar-refractivity contribution >= 4 is 20.8 Å². The van der Waals surface area contributed by atoms with Crippen LogP contribution in [0, 0.1) is 41.7 Å². The van der Waals surface area contributed by atoms with Crippen molar-refractivity contribution in [3.05, 3.63) is 0 Å². The minimum absolute atomic E-state index is 0. The van der Waals surface area contributed by atoms with E-state index in [4.69, 9.17) is 35.0 Å². The van der Waals surface area contributed by atoms with Gasteiger partial charge in [-0.25, -0.2) is 0 Å². The minimum Gasteiger partial charge on any atom is -0.759 e. The van der Waals surface area contributed by atoms with Crippen molar-refractivity contribution in [2.24, 2.45) is 0 Å². The zero-order valence-corrected chi connectivity index (χ0v) is 9.36. The maximum absolute atomic E-state index is 8.52. The molecule has 0 aliphatic heterocycles. The van der Waals surface area contributed by atoms with E-state index in [2.05, 4.69) is 0 Å². The van der Waals surface area contributed by atoms with Crippen molar-refractivity contribution in [1.82, 2.24) is 0 Å². The van der Waals surface area contributed by atoms with Crippen LogP contribution in [0.25, 0.3) is 0 Å². The predicted octanol–water partition coefficient (Wildman–Crippen LogP) is -2.68. The van der Waals surface area contributed by atoms with E-state index in [0.29, 0.717) is 0 Å². The molecule has 0 aromatic heterocycles. The van der Waals surface area contributed by atoms with Crippen LogP contribution in [0.2, 0.25) is 0 Å². The number of hydrogen-bond donors (Lipinski definition) is 0. The van der Waals surface area contributed by atoms with Crippen LogP contribution in [0.5, 0.6) is 0 Å². The van der Waals surface area contributed by atoms with Crippen molar-refractivity contribution in [2.45, 2.75) is 0 Å². The Morgan fingerprint density at radius 1 is 0.636 bits per heavy atom. The molecular formula is CeO8S2. The molecule has 0 fully saturated rings. The number of hydrogen-bond acceptors (Lipinski definition) is 8. The topological polar surface area (TPSA) is 161 Å². The molecular weight excluding hydrogens is 332 g/mol. The van der Waals surface area contributed by atoms with Crippen LogP contribution in [-0.2, 0) is 20.8 Å². The molecule has 0 saturated carbocycles. The third-order valence-electron chi connectivity index (χ3n) is 0. The van der Waals surface area contributed by atoms with Crippen LogP contribution < -0.4 is 0 Å². The molecule has 11 heteroatoms. The fraction of sp³-hybridized carbons (Fsp3) is 0. The van der Waals surface area contributed by atoms with Gasteiger partial charge in [-0.15, -0.1) is 0 Å². The second-order valence-corrected chi connectivity index (χ2v) is 2.45. The molecule has 0 atom stereocenters. The average molecular weight is 332 g/mol. The summed E-state index contributed by atoms with van der Waals surface area (Å²) < 4.78 is 68.2. The van der Waals surface area contributed by atoms with Crippen LogP contribution in [-0.4, -0.2) is 35.0 Å². The molecule has 0 bridgehead atoms. The Morgan fingerprint density at radius 2 is 0.636 bits per heavy atom. The van der Waals surface area contributed by atoms with Gasteiger partial charge in [0, 0.05) is 20.8 Å². The van der Waals surface area contributed by atoms with Gasteiger partial charge in [0.15, 0.2) is 0 Å². The summed E-state index contributed by atoms with van der Waals surface area (Å²) in [6.07, 6.45) is 0. The SMILES string of the molecule is O=S(=O)([O-])[O-].O=S(=O)([O-])[O-].[Ce+4]. The molecule has 11 heavy (non-hydrogen) atoms. The molecule has 0 aromatic carbocycles. The Hall–Kier alpha value is 1.12. The van der Waals surface area contributed by atoms with E-state index in [0.717, 1.165) is 0 Å². The van der Waals surface area contributed by atoms with E-state index in [1.54, 1.807) is 0 Å². The van der Waals surface area contributed by atoms with Crippen LogP contribution in [0.3, 0.4) is 0 Å². The van der Waals surface area contributed by atoms with Crippen molar-refractivity contribution in [3.63, 3.8) is 0 Å². The maximum Gasteiger partial charge on any atom is 4.00 e. The molecule has 0 aromatic rings. The molecule has 0 radical (unpaired) electrons. The van der Waals surface area contributed by atoms with Gasteiger partial charge < -0.3 is 18.2 Å². The van der Waals surface area contributed by atoms with E-state index < -0.39 is 20.8 Å². The summed E-state index contributed by atoms with van der Waals surface area (Å²) >= 11 is 0. The van der Waals surface area contributed by atoms with Gasteiger partial charge >= 0.3 is 41.7 Å². The first kappa shape index (κ1) is 18.0. The van der Waals surface area contributed by atoms with Crippen LogP contribution in [0.1, 0.15) is 0 Å². The molecule has 0 heterocycles. The van der Waals surface area contributed by atoms with Gasteiger partial charge in [0.05, 0.1) is 0 Å². The standard InChI is InChI=1S/Ce.2H2O4S/c;2*1-5(2,3)4/h;2*(H2,1,2,3,4)/q+4;;/p-4. The zero-order chi connectivity index (χ0) is 9.00. The van der Waals surface area contributed by atoms with Gasteiger partial charge in [0.25, 0.3) is 0 Å². The zero-order valence-electron chi connectivity index (χ0n) is 4.58. The van der Waals surface area contributed by atoms with Gasteiger partial charge in [0.1, 0.15) is 0 Å². The first-order valence-electron chi connectivity index (χ1n) is 1.33. The summed E-state index contributed by atoms with van der Waals surface area (Å²) in [5, 5.41) is 0. The molecule has 0 N–H and O–H groups in total. The molecule has 0 spiro atoms. The van der Waals surface area contributed by atoms with Crippen LogP contribution in [0.15, 0.2) is 0 Å². The van der Waals surface area contributed by atoms with E-state index in [-0.39, 0.29) is 41.7 Å². The molecule has 0 aliphatic rings. The van der Waals surface area contributed by atoms with Crippen molar-refractivity contribution in [2.75, 3.05) is 0 Å². The first-order valence-corrected chi connectivity index (χ1v) is 4.00. The minimum atomic E-state index is -5.17. The molecule has 0 aliphatic carbocycles. The predicted molar refractivity (Wildman–Crippen MR) is 20.9 cm³/mol. The fourth-order valence-corrected chi connectivity index (χ4v) is 0. The Bertz CT molecular complexity index is 208. The summed E-state index contributed by atoms with van der Waals surface area (Å²) in [5.41, 5.74) is 0. The largest absolute Gasteiger partial charge is 4.00 e. The maximum atomic E-state index is 8.52. The molecule has 0 rings (SSSR count). The smallest absolute Gasteiger partial charge is 0.759 e. The van der Waals surface area contributed by atoms with E-state index >= 15 is 0 Å². The monoisotopic (exact) mass is 332 g/mol. The average Bonchev–Trinajstić information content (AvgIpc) is 1.12.